The lowest BCUT2D eigenvalue weighted by molar-refractivity contribution is -0.384. The van der Waals surface area contributed by atoms with Crippen molar-refractivity contribution in [2.24, 2.45) is 5.92 Å². The molecule has 0 saturated heterocycles. The molecule has 0 bridgehead atoms. The van der Waals surface area contributed by atoms with Crippen LogP contribution in [0.4, 0.5) is 5.69 Å². The van der Waals surface area contributed by atoms with E-state index in [4.69, 9.17) is 5.11 Å². The predicted octanol–water partition coefficient (Wildman–Crippen LogP) is 1.26. The van der Waals surface area contributed by atoms with Gasteiger partial charge < -0.3 is 15.0 Å². The summed E-state index contributed by atoms with van der Waals surface area (Å²) in [5, 5.41) is 22.1. The molecular formula is C12H17N3O5. The van der Waals surface area contributed by atoms with Crippen LogP contribution in [0.5, 0.6) is 0 Å². The molecule has 0 aromatic carbocycles. The summed E-state index contributed by atoms with van der Waals surface area (Å²) >= 11 is 0. The van der Waals surface area contributed by atoms with Crippen LogP contribution in [-0.2, 0) is 11.3 Å². The number of carboxylic acid groups (broad SMARTS) is 1. The zero-order valence-corrected chi connectivity index (χ0v) is 11.5. The van der Waals surface area contributed by atoms with Gasteiger partial charge in [-0.2, -0.15) is 0 Å². The Labute approximate surface area is 115 Å². The van der Waals surface area contributed by atoms with E-state index in [1.807, 2.05) is 0 Å². The largest absolute Gasteiger partial charge is 0.480 e. The summed E-state index contributed by atoms with van der Waals surface area (Å²) in [5.41, 5.74) is -0.125. The van der Waals surface area contributed by atoms with Crippen molar-refractivity contribution in [1.82, 2.24) is 9.88 Å². The number of carbonyl (C=O) groups excluding carboxylic acids is 1. The van der Waals surface area contributed by atoms with E-state index in [1.54, 1.807) is 20.8 Å². The fourth-order valence-electron chi connectivity index (χ4n) is 1.78. The average molecular weight is 283 g/mol. The molecule has 0 aliphatic heterocycles. The summed E-state index contributed by atoms with van der Waals surface area (Å²) < 4.78 is 1.41. The van der Waals surface area contributed by atoms with Crippen molar-refractivity contribution in [2.45, 2.75) is 33.4 Å². The number of nitrogens with zero attached hydrogens (tertiary/aromatic N) is 2. The standard InChI is InChI=1S/C12H17N3O5/c1-4-14-6-8(15(19)20)5-9(14)11(16)13-10(7(2)3)12(17)18/h5-7,10H,4H2,1-3H3,(H,13,16)(H,17,18)/t10-/m1/s1. The number of aliphatic carboxylic acids is 1. The summed E-state index contributed by atoms with van der Waals surface area (Å²) in [6, 6.07) is 0.0969. The van der Waals surface area contributed by atoms with E-state index in [0.717, 1.165) is 6.07 Å². The van der Waals surface area contributed by atoms with Crippen molar-refractivity contribution in [3.8, 4) is 0 Å². The van der Waals surface area contributed by atoms with Crippen LogP contribution in [0.25, 0.3) is 0 Å². The molecule has 0 saturated carbocycles. The lowest BCUT2D eigenvalue weighted by Crippen LogP contribution is -2.44. The van der Waals surface area contributed by atoms with E-state index in [9.17, 15) is 19.7 Å². The highest BCUT2D eigenvalue weighted by molar-refractivity contribution is 5.96. The van der Waals surface area contributed by atoms with Crippen molar-refractivity contribution in [1.29, 1.82) is 0 Å². The molecule has 0 radical (unpaired) electrons. The maximum absolute atomic E-state index is 12.1. The lowest BCUT2D eigenvalue weighted by Gasteiger charge is -2.18. The number of amides is 1. The van der Waals surface area contributed by atoms with Crippen LogP contribution >= 0.6 is 0 Å². The first-order valence-corrected chi connectivity index (χ1v) is 6.16. The Bertz CT molecular complexity index is 535. The monoisotopic (exact) mass is 283 g/mol. The smallest absolute Gasteiger partial charge is 0.326 e. The average Bonchev–Trinajstić information content (AvgIpc) is 2.79. The van der Waals surface area contributed by atoms with Crippen LogP contribution < -0.4 is 5.32 Å². The van der Waals surface area contributed by atoms with Crippen molar-refractivity contribution < 1.29 is 19.6 Å². The van der Waals surface area contributed by atoms with Gasteiger partial charge in [0.2, 0.25) is 0 Å². The summed E-state index contributed by atoms with van der Waals surface area (Å²) in [6.45, 7) is 5.44. The quantitative estimate of drug-likeness (QED) is 0.602. The first kappa shape index (κ1) is 15.7. The van der Waals surface area contributed by atoms with Gasteiger partial charge in [-0.1, -0.05) is 13.8 Å². The Morgan fingerprint density at radius 1 is 1.50 bits per heavy atom. The molecule has 1 rings (SSSR count). The van der Waals surface area contributed by atoms with E-state index < -0.39 is 22.8 Å². The van der Waals surface area contributed by atoms with Gasteiger partial charge >= 0.3 is 5.97 Å². The summed E-state index contributed by atoms with van der Waals surface area (Å²) in [4.78, 5) is 33.2. The Hall–Kier alpha value is -2.38. The molecule has 0 aliphatic carbocycles. The second-order valence-electron chi connectivity index (χ2n) is 4.66. The molecule has 0 unspecified atom stereocenters. The SMILES string of the molecule is CCn1cc([N+](=O)[O-])cc1C(=O)N[C@@H](C(=O)O)C(C)C. The maximum Gasteiger partial charge on any atom is 0.326 e. The third-order valence-electron chi connectivity index (χ3n) is 2.89. The van der Waals surface area contributed by atoms with Crippen molar-refractivity contribution in [2.75, 3.05) is 0 Å². The normalized spacial score (nSPS) is 12.2. The van der Waals surface area contributed by atoms with Gasteiger partial charge in [0.25, 0.3) is 11.6 Å². The minimum absolute atomic E-state index is 0.0751. The van der Waals surface area contributed by atoms with Gasteiger partial charge in [0.05, 0.1) is 11.1 Å². The fourth-order valence-corrected chi connectivity index (χ4v) is 1.78. The van der Waals surface area contributed by atoms with Crippen LogP contribution in [-0.4, -0.2) is 32.5 Å². The minimum atomic E-state index is -1.14. The van der Waals surface area contributed by atoms with Crippen molar-refractivity contribution in [3.05, 3.63) is 28.1 Å². The number of carboxylic acids is 1. The third-order valence-corrected chi connectivity index (χ3v) is 2.89. The highest BCUT2D eigenvalue weighted by Crippen LogP contribution is 2.17. The minimum Gasteiger partial charge on any atom is -0.480 e. The Morgan fingerprint density at radius 2 is 2.10 bits per heavy atom. The third kappa shape index (κ3) is 3.34. The molecule has 1 heterocycles. The number of aryl methyl sites for hydroxylation is 1. The molecule has 0 aliphatic rings. The molecule has 8 heteroatoms. The summed E-state index contributed by atoms with van der Waals surface area (Å²) in [7, 11) is 0. The Balaban J connectivity index is 3.02. The van der Waals surface area contributed by atoms with Crippen LogP contribution in [0.2, 0.25) is 0 Å². The second kappa shape index (κ2) is 6.18. The molecule has 2 N–H and O–H groups in total. The number of nitrogens with one attached hydrogen (secondary N) is 1. The second-order valence-corrected chi connectivity index (χ2v) is 4.66. The van der Waals surface area contributed by atoms with Crippen molar-refractivity contribution >= 4 is 17.6 Å². The summed E-state index contributed by atoms with van der Waals surface area (Å²) in [5.74, 6) is -2.07. The van der Waals surface area contributed by atoms with Gasteiger partial charge in [0.15, 0.2) is 0 Å². The number of carbonyl (C=O) groups is 2. The topological polar surface area (TPSA) is 114 Å². The van der Waals surface area contributed by atoms with Gasteiger partial charge in [-0.05, 0) is 12.8 Å². The fraction of sp³-hybridized carbons (Fsp3) is 0.500. The number of aromatic nitrogens is 1. The molecule has 1 atom stereocenters. The molecule has 1 aromatic heterocycles. The maximum atomic E-state index is 12.1. The first-order chi connectivity index (χ1) is 9.27. The molecule has 8 nitrogen and oxygen atoms in total. The van der Waals surface area contributed by atoms with E-state index >= 15 is 0 Å². The molecule has 0 fully saturated rings. The summed E-state index contributed by atoms with van der Waals surface area (Å²) in [6.07, 6.45) is 1.25. The van der Waals surface area contributed by atoms with Crippen molar-refractivity contribution in [3.63, 3.8) is 0 Å². The van der Waals surface area contributed by atoms with Gasteiger partial charge in [-0.15, -0.1) is 0 Å². The van der Waals surface area contributed by atoms with E-state index in [-0.39, 0.29) is 17.3 Å². The van der Waals surface area contributed by atoms with E-state index in [1.165, 1.54) is 10.8 Å². The first-order valence-electron chi connectivity index (χ1n) is 6.16. The van der Waals surface area contributed by atoms with Gasteiger partial charge in [-0.3, -0.25) is 14.9 Å². The molecule has 0 spiro atoms. The van der Waals surface area contributed by atoms with Gasteiger partial charge in [0.1, 0.15) is 11.7 Å². The van der Waals surface area contributed by atoms with Crippen LogP contribution in [0, 0.1) is 16.0 Å². The number of rotatable bonds is 6. The zero-order chi connectivity index (χ0) is 15.4. The van der Waals surface area contributed by atoms with E-state index in [0.29, 0.717) is 6.54 Å². The van der Waals surface area contributed by atoms with Crippen LogP contribution in [0.3, 0.4) is 0 Å². The molecule has 1 aromatic rings. The van der Waals surface area contributed by atoms with Gasteiger partial charge in [0, 0.05) is 12.6 Å². The Morgan fingerprint density at radius 3 is 2.50 bits per heavy atom. The zero-order valence-electron chi connectivity index (χ0n) is 11.5. The molecule has 110 valence electrons. The van der Waals surface area contributed by atoms with E-state index in [2.05, 4.69) is 5.32 Å². The number of hydrogen-bond acceptors (Lipinski definition) is 4. The molecular weight excluding hydrogens is 266 g/mol. The van der Waals surface area contributed by atoms with Crippen LogP contribution in [0.15, 0.2) is 12.3 Å². The highest BCUT2D eigenvalue weighted by atomic mass is 16.6. The Kier molecular flexibility index (Phi) is 4.84. The molecule has 20 heavy (non-hydrogen) atoms. The highest BCUT2D eigenvalue weighted by Gasteiger charge is 2.26. The van der Waals surface area contributed by atoms with Crippen LogP contribution in [0.1, 0.15) is 31.3 Å². The number of nitro groups is 1. The predicted molar refractivity (Wildman–Crippen MR) is 70.5 cm³/mol. The lowest BCUT2D eigenvalue weighted by atomic mass is 10.0. The molecule has 1 amide bonds. The van der Waals surface area contributed by atoms with Gasteiger partial charge in [-0.25, -0.2) is 4.79 Å². The number of hydrogen-bond donors (Lipinski definition) is 2.